The van der Waals surface area contributed by atoms with Gasteiger partial charge in [-0.1, -0.05) is 6.07 Å². The van der Waals surface area contributed by atoms with Crippen LogP contribution in [0.4, 0.5) is 4.39 Å². The Morgan fingerprint density at radius 3 is 2.74 bits per heavy atom. The fraction of sp³-hybridized carbons (Fsp3) is 0.462. The van der Waals surface area contributed by atoms with E-state index in [1.54, 1.807) is 20.0 Å². The number of rotatable bonds is 6. The number of para-hydroxylation sites is 1. The van der Waals surface area contributed by atoms with Crippen molar-refractivity contribution in [1.82, 2.24) is 10.2 Å². The molecule has 0 aliphatic rings. The van der Waals surface area contributed by atoms with Crippen LogP contribution >= 0.6 is 12.4 Å². The predicted molar refractivity (Wildman–Crippen MR) is 75.7 cm³/mol. The predicted octanol–water partition coefficient (Wildman–Crippen LogP) is 1.94. The monoisotopic (exact) mass is 290 g/mol. The minimum Gasteiger partial charge on any atom is -0.490 e. The summed E-state index contributed by atoms with van der Waals surface area (Å²) in [5.41, 5.74) is 0.260. The molecule has 0 bridgehead atoms. The van der Waals surface area contributed by atoms with Crippen LogP contribution in [0.3, 0.4) is 0 Å². The third-order valence-corrected chi connectivity index (χ3v) is 2.53. The Morgan fingerprint density at radius 2 is 2.16 bits per heavy atom. The molecule has 19 heavy (non-hydrogen) atoms. The Bertz CT molecular complexity index is 416. The van der Waals surface area contributed by atoms with Crippen LogP contribution in [0.5, 0.6) is 5.75 Å². The van der Waals surface area contributed by atoms with Crippen molar-refractivity contribution in [2.45, 2.75) is 6.92 Å². The van der Waals surface area contributed by atoms with Crippen molar-refractivity contribution >= 4 is 18.3 Å². The highest BCUT2D eigenvalue weighted by molar-refractivity contribution is 5.96. The van der Waals surface area contributed by atoms with Gasteiger partial charge in [-0.3, -0.25) is 4.79 Å². The van der Waals surface area contributed by atoms with Gasteiger partial charge in [-0.15, -0.1) is 12.4 Å². The minimum absolute atomic E-state index is 0. The third kappa shape index (κ3) is 4.69. The van der Waals surface area contributed by atoms with E-state index in [-0.39, 0.29) is 29.6 Å². The number of amides is 1. The van der Waals surface area contributed by atoms with Crippen molar-refractivity contribution in [3.8, 4) is 5.75 Å². The molecule has 0 radical (unpaired) electrons. The lowest BCUT2D eigenvalue weighted by atomic mass is 10.1. The summed E-state index contributed by atoms with van der Waals surface area (Å²) in [7, 11) is 3.49. The number of benzene rings is 1. The van der Waals surface area contributed by atoms with Gasteiger partial charge in [0.2, 0.25) is 0 Å². The highest BCUT2D eigenvalue weighted by atomic mass is 35.5. The Balaban J connectivity index is 0.00000324. The van der Waals surface area contributed by atoms with Crippen LogP contribution in [0.25, 0.3) is 0 Å². The lowest BCUT2D eigenvalue weighted by Gasteiger charge is -2.19. The molecule has 0 fully saturated rings. The molecule has 1 aromatic carbocycles. The van der Waals surface area contributed by atoms with Crippen LogP contribution < -0.4 is 10.1 Å². The van der Waals surface area contributed by atoms with Crippen LogP contribution in [0.15, 0.2) is 18.2 Å². The van der Waals surface area contributed by atoms with Crippen molar-refractivity contribution < 1.29 is 13.9 Å². The van der Waals surface area contributed by atoms with E-state index >= 15 is 0 Å². The molecule has 0 unspecified atom stereocenters. The zero-order chi connectivity index (χ0) is 13.5. The molecule has 1 amide bonds. The summed E-state index contributed by atoms with van der Waals surface area (Å²) in [4.78, 5) is 13.7. The summed E-state index contributed by atoms with van der Waals surface area (Å²) in [5.74, 6) is -0.723. The normalized spacial score (nSPS) is 9.68. The zero-order valence-electron chi connectivity index (χ0n) is 11.4. The van der Waals surface area contributed by atoms with Crippen molar-refractivity contribution in [3.05, 3.63) is 29.6 Å². The van der Waals surface area contributed by atoms with E-state index in [0.29, 0.717) is 19.7 Å². The molecule has 0 aromatic heterocycles. The second-order valence-electron chi connectivity index (χ2n) is 3.88. The number of carbonyl (C=O) groups is 1. The first-order chi connectivity index (χ1) is 8.61. The number of nitrogens with zero attached hydrogens (tertiary/aromatic N) is 1. The van der Waals surface area contributed by atoms with Gasteiger partial charge in [0, 0.05) is 20.1 Å². The van der Waals surface area contributed by atoms with Crippen molar-refractivity contribution in [2.75, 3.05) is 33.8 Å². The molecule has 0 atom stereocenters. The first-order valence-electron chi connectivity index (χ1n) is 5.93. The summed E-state index contributed by atoms with van der Waals surface area (Å²) in [6, 6.07) is 4.37. The minimum atomic E-state index is -0.510. The molecular formula is C13H20ClFN2O2. The zero-order valence-corrected chi connectivity index (χ0v) is 12.2. The Kier molecular flexibility index (Phi) is 8.11. The fourth-order valence-corrected chi connectivity index (χ4v) is 1.55. The molecule has 4 nitrogen and oxygen atoms in total. The van der Waals surface area contributed by atoms with E-state index in [9.17, 15) is 9.18 Å². The summed E-state index contributed by atoms with van der Waals surface area (Å²) in [5, 5.41) is 2.96. The maximum Gasteiger partial charge on any atom is 0.257 e. The standard InChI is InChI=1S/C13H19FN2O2.ClH/c1-4-18-12-10(6-5-7-11(12)14)13(17)16(3)9-8-15-2;/h5-7,15H,4,8-9H2,1-3H3;1H. The average molecular weight is 291 g/mol. The molecule has 0 heterocycles. The molecule has 1 rings (SSSR count). The molecular weight excluding hydrogens is 271 g/mol. The van der Waals surface area contributed by atoms with Gasteiger partial charge in [0.05, 0.1) is 12.2 Å². The van der Waals surface area contributed by atoms with E-state index in [0.717, 1.165) is 0 Å². The van der Waals surface area contributed by atoms with E-state index in [4.69, 9.17) is 4.74 Å². The fourth-order valence-electron chi connectivity index (χ4n) is 1.55. The first-order valence-corrected chi connectivity index (χ1v) is 5.93. The van der Waals surface area contributed by atoms with Crippen LogP contribution in [-0.2, 0) is 0 Å². The topological polar surface area (TPSA) is 41.6 Å². The van der Waals surface area contributed by atoms with Gasteiger partial charge >= 0.3 is 0 Å². The second-order valence-corrected chi connectivity index (χ2v) is 3.88. The van der Waals surface area contributed by atoms with Crippen LogP contribution in [-0.4, -0.2) is 44.6 Å². The number of ether oxygens (including phenoxy) is 1. The van der Waals surface area contributed by atoms with Crippen molar-refractivity contribution in [3.63, 3.8) is 0 Å². The van der Waals surface area contributed by atoms with Gasteiger partial charge in [0.25, 0.3) is 5.91 Å². The van der Waals surface area contributed by atoms with E-state index in [2.05, 4.69) is 5.32 Å². The molecule has 6 heteroatoms. The quantitative estimate of drug-likeness (QED) is 0.870. The van der Waals surface area contributed by atoms with Gasteiger partial charge in [-0.25, -0.2) is 4.39 Å². The Labute approximate surface area is 119 Å². The van der Waals surface area contributed by atoms with Gasteiger partial charge in [-0.2, -0.15) is 0 Å². The number of hydrogen-bond donors (Lipinski definition) is 1. The Morgan fingerprint density at radius 1 is 1.47 bits per heavy atom. The van der Waals surface area contributed by atoms with E-state index in [1.807, 2.05) is 7.05 Å². The molecule has 0 saturated carbocycles. The van der Waals surface area contributed by atoms with E-state index in [1.165, 1.54) is 17.0 Å². The van der Waals surface area contributed by atoms with Gasteiger partial charge < -0.3 is 15.0 Å². The number of carbonyl (C=O) groups excluding carboxylic acids is 1. The summed E-state index contributed by atoms with van der Waals surface area (Å²) < 4.78 is 18.8. The maximum atomic E-state index is 13.6. The maximum absolute atomic E-state index is 13.6. The van der Waals surface area contributed by atoms with Crippen molar-refractivity contribution in [2.24, 2.45) is 0 Å². The average Bonchev–Trinajstić information content (AvgIpc) is 2.37. The molecule has 1 aromatic rings. The second kappa shape index (κ2) is 8.72. The lowest BCUT2D eigenvalue weighted by Crippen LogP contribution is -2.33. The number of halogens is 2. The van der Waals surface area contributed by atoms with Crippen LogP contribution in [0, 0.1) is 5.82 Å². The Hall–Kier alpha value is -1.33. The number of nitrogens with one attached hydrogen (secondary N) is 1. The number of likely N-dealkylation sites (N-methyl/N-ethyl adjacent to an activating group) is 2. The summed E-state index contributed by atoms with van der Waals surface area (Å²) >= 11 is 0. The van der Waals surface area contributed by atoms with Gasteiger partial charge in [0.1, 0.15) is 0 Å². The largest absolute Gasteiger partial charge is 0.490 e. The van der Waals surface area contributed by atoms with Gasteiger partial charge in [-0.05, 0) is 26.1 Å². The SMILES string of the molecule is CCOc1c(F)cccc1C(=O)N(C)CCNC.Cl. The smallest absolute Gasteiger partial charge is 0.257 e. The highest BCUT2D eigenvalue weighted by Gasteiger charge is 2.19. The molecule has 0 spiro atoms. The first kappa shape index (κ1) is 17.7. The summed E-state index contributed by atoms with van der Waals surface area (Å²) in [6.45, 7) is 3.31. The summed E-state index contributed by atoms with van der Waals surface area (Å²) in [6.07, 6.45) is 0. The van der Waals surface area contributed by atoms with Crippen molar-refractivity contribution in [1.29, 1.82) is 0 Å². The van der Waals surface area contributed by atoms with E-state index < -0.39 is 5.82 Å². The number of hydrogen-bond acceptors (Lipinski definition) is 3. The highest BCUT2D eigenvalue weighted by Crippen LogP contribution is 2.23. The molecule has 108 valence electrons. The van der Waals surface area contributed by atoms with Crippen LogP contribution in [0.1, 0.15) is 17.3 Å². The molecule has 0 saturated heterocycles. The molecule has 0 aliphatic carbocycles. The lowest BCUT2D eigenvalue weighted by molar-refractivity contribution is 0.0791. The molecule has 0 aliphatic heterocycles. The van der Waals surface area contributed by atoms with Crippen LogP contribution in [0.2, 0.25) is 0 Å². The third-order valence-electron chi connectivity index (χ3n) is 2.53. The van der Waals surface area contributed by atoms with Gasteiger partial charge in [0.15, 0.2) is 11.6 Å². The molecule has 1 N–H and O–H groups in total.